The van der Waals surface area contributed by atoms with Crippen molar-refractivity contribution in [3.8, 4) is 0 Å². The van der Waals surface area contributed by atoms with Crippen molar-refractivity contribution in [1.82, 2.24) is 5.32 Å². The van der Waals surface area contributed by atoms with E-state index < -0.39 is 57.6 Å². The Hall–Kier alpha value is -2.82. The number of amides is 1. The molecule has 3 atom stereocenters. The van der Waals surface area contributed by atoms with Gasteiger partial charge in [0.15, 0.2) is 6.04 Å². The monoisotopic (exact) mass is 880 g/mol. The normalized spacial score (nSPS) is 14.2. The van der Waals surface area contributed by atoms with Crippen molar-refractivity contribution in [3.63, 3.8) is 0 Å². The summed E-state index contributed by atoms with van der Waals surface area (Å²) in [5.74, 6) is -2.39. The maximum Gasteiger partial charge on any atom is 0.472 e. The number of ether oxygens (including phenoxy) is 1. The summed E-state index contributed by atoms with van der Waals surface area (Å²) in [6.45, 7) is 2.47. The Kier molecular flexibility index (Phi) is 41.8. The van der Waals surface area contributed by atoms with Gasteiger partial charge in [-0.1, -0.05) is 190 Å². The fourth-order valence-corrected chi connectivity index (χ4v) is 7.17. The van der Waals surface area contributed by atoms with Crippen LogP contribution >= 0.6 is 7.82 Å². The first-order chi connectivity index (χ1) is 29.6. The van der Waals surface area contributed by atoms with Crippen LogP contribution in [0.15, 0.2) is 60.8 Å². The zero-order chi connectivity index (χ0) is 44.9. The number of hydrogen-bond acceptors (Lipinski definition) is 8. The van der Waals surface area contributed by atoms with Crippen LogP contribution in [0.25, 0.3) is 0 Å². The number of carboxylic acid groups (broad SMARTS) is 1. The zero-order valence-corrected chi connectivity index (χ0v) is 39.1. The molecule has 4 N–H and O–H groups in total. The average Bonchev–Trinajstić information content (AvgIpc) is 3.24. The van der Waals surface area contributed by atoms with Gasteiger partial charge in [-0.2, -0.15) is 0 Å². The summed E-state index contributed by atoms with van der Waals surface area (Å²) in [4.78, 5) is 46.0. The predicted octanol–water partition coefficient (Wildman–Crippen LogP) is 12.7. The van der Waals surface area contributed by atoms with Crippen LogP contribution < -0.4 is 5.32 Å². The summed E-state index contributed by atoms with van der Waals surface area (Å²) >= 11 is 0. The van der Waals surface area contributed by atoms with Crippen LogP contribution in [0.1, 0.15) is 200 Å². The summed E-state index contributed by atoms with van der Waals surface area (Å²) in [6.07, 6.45) is 50.9. The molecule has 0 aliphatic heterocycles. The number of hydrogen-bond donors (Lipinski definition) is 4. The number of carbonyl (C=O) groups is 3. The first-order valence-corrected chi connectivity index (χ1v) is 25.3. The molecule has 11 nitrogen and oxygen atoms in total. The van der Waals surface area contributed by atoms with Crippen LogP contribution in [0.5, 0.6) is 0 Å². The standard InChI is InChI=1S/C49H86NO10P/c1-3-5-7-9-11-13-15-17-19-21-22-23-24-25-27-29-31-33-35-37-39-41-48(53)58-42-45(51)43-59-61(56,57)60-44-46(49(54)55)50-47(52)40-38-36-34-32-30-28-26-20-18-16-14-12-10-8-6-4-2/h5,7,11,13,17,19,22-23,25,27,45-46,51H,3-4,6,8-10,12,14-16,18,20-21,24,26,28-44H2,1-2H3,(H,50,52)(H,54,55)(H,56,57)/b7-5-,13-11-,19-17-,23-22-,27-25-. The first-order valence-electron chi connectivity index (χ1n) is 23.8. The molecule has 0 aliphatic rings. The topological polar surface area (TPSA) is 169 Å². The number of esters is 1. The molecule has 3 unspecified atom stereocenters. The first kappa shape index (κ1) is 58.2. The van der Waals surface area contributed by atoms with Crippen LogP contribution in [0.3, 0.4) is 0 Å². The summed E-state index contributed by atoms with van der Waals surface area (Å²) in [5.41, 5.74) is 0. The molecule has 0 aromatic heterocycles. The molecule has 0 aromatic carbocycles. The van der Waals surface area contributed by atoms with Crippen molar-refractivity contribution < 1.29 is 47.8 Å². The Morgan fingerprint density at radius 2 is 0.951 bits per heavy atom. The number of phosphoric acid groups is 1. The van der Waals surface area contributed by atoms with Gasteiger partial charge in [0.2, 0.25) is 5.91 Å². The third-order valence-corrected chi connectivity index (χ3v) is 11.0. The van der Waals surface area contributed by atoms with Gasteiger partial charge in [0.1, 0.15) is 12.7 Å². The fraction of sp³-hybridized carbons (Fsp3) is 0.735. The van der Waals surface area contributed by atoms with Crippen molar-refractivity contribution >= 4 is 25.7 Å². The second kappa shape index (κ2) is 43.8. The van der Waals surface area contributed by atoms with Crippen LogP contribution in [-0.2, 0) is 32.7 Å². The minimum atomic E-state index is -4.76. The molecule has 0 fully saturated rings. The van der Waals surface area contributed by atoms with Crippen molar-refractivity contribution in [3.05, 3.63) is 60.8 Å². The van der Waals surface area contributed by atoms with Crippen LogP contribution in [0, 0.1) is 0 Å². The lowest BCUT2D eigenvalue weighted by molar-refractivity contribution is -0.147. The molecule has 0 heterocycles. The number of carboxylic acids is 1. The quantitative estimate of drug-likeness (QED) is 0.0200. The zero-order valence-electron chi connectivity index (χ0n) is 38.2. The summed E-state index contributed by atoms with van der Waals surface area (Å²) in [6, 6.07) is -1.55. The molecule has 0 aromatic rings. The number of carbonyl (C=O) groups excluding carboxylic acids is 2. The Balaban J connectivity index is 3.89. The minimum absolute atomic E-state index is 0.146. The highest BCUT2D eigenvalue weighted by atomic mass is 31.2. The Labute approximate surface area is 370 Å². The maximum atomic E-state index is 12.3. The largest absolute Gasteiger partial charge is 0.480 e. The van der Waals surface area contributed by atoms with Gasteiger partial charge in [0.25, 0.3) is 0 Å². The molecule has 0 spiro atoms. The number of aliphatic carboxylic acids is 1. The van der Waals surface area contributed by atoms with Crippen LogP contribution in [0.4, 0.5) is 0 Å². The van der Waals surface area contributed by atoms with Gasteiger partial charge in [-0.25, -0.2) is 9.36 Å². The minimum Gasteiger partial charge on any atom is -0.480 e. The van der Waals surface area contributed by atoms with E-state index in [1.807, 2.05) is 0 Å². The molecule has 352 valence electrons. The van der Waals surface area contributed by atoms with Gasteiger partial charge in [0, 0.05) is 12.8 Å². The molecule has 12 heteroatoms. The van der Waals surface area contributed by atoms with Crippen molar-refractivity contribution in [1.29, 1.82) is 0 Å². The predicted molar refractivity (Wildman–Crippen MR) is 249 cm³/mol. The molecular weight excluding hydrogens is 794 g/mol. The van der Waals surface area contributed by atoms with Gasteiger partial charge in [-0.3, -0.25) is 18.6 Å². The number of unbranched alkanes of at least 4 members (excludes halogenated alkanes) is 20. The number of rotatable bonds is 44. The van der Waals surface area contributed by atoms with Gasteiger partial charge in [-0.15, -0.1) is 0 Å². The van der Waals surface area contributed by atoms with E-state index in [0.717, 1.165) is 83.5 Å². The van der Waals surface area contributed by atoms with Crippen molar-refractivity contribution in [2.75, 3.05) is 19.8 Å². The van der Waals surface area contributed by atoms with E-state index in [-0.39, 0.29) is 12.8 Å². The van der Waals surface area contributed by atoms with E-state index in [2.05, 4.69) is 79.9 Å². The van der Waals surface area contributed by atoms with Crippen molar-refractivity contribution in [2.24, 2.45) is 0 Å². The van der Waals surface area contributed by atoms with Crippen LogP contribution in [0.2, 0.25) is 0 Å². The van der Waals surface area contributed by atoms with Gasteiger partial charge in [-0.05, 0) is 57.8 Å². The number of nitrogens with one attached hydrogen (secondary N) is 1. The highest BCUT2D eigenvalue weighted by Gasteiger charge is 2.28. The molecule has 0 bridgehead atoms. The molecule has 0 radical (unpaired) electrons. The van der Waals surface area contributed by atoms with Gasteiger partial charge >= 0.3 is 19.8 Å². The van der Waals surface area contributed by atoms with E-state index in [9.17, 15) is 34.1 Å². The second-order valence-corrected chi connectivity index (χ2v) is 17.4. The molecule has 61 heavy (non-hydrogen) atoms. The third-order valence-electron chi connectivity index (χ3n) is 10.1. The van der Waals surface area contributed by atoms with E-state index in [4.69, 9.17) is 13.8 Å². The number of aliphatic hydroxyl groups is 1. The highest BCUT2D eigenvalue weighted by Crippen LogP contribution is 2.43. The summed E-state index contributed by atoms with van der Waals surface area (Å²) in [5, 5.41) is 21.9. The molecule has 0 saturated carbocycles. The smallest absolute Gasteiger partial charge is 0.472 e. The Morgan fingerprint density at radius 1 is 0.541 bits per heavy atom. The lowest BCUT2D eigenvalue weighted by Crippen LogP contribution is -2.43. The van der Waals surface area contributed by atoms with E-state index in [1.54, 1.807) is 0 Å². The average molecular weight is 880 g/mol. The second-order valence-electron chi connectivity index (χ2n) is 15.9. The molecule has 0 aliphatic carbocycles. The lowest BCUT2D eigenvalue weighted by atomic mass is 10.0. The third kappa shape index (κ3) is 43.6. The van der Waals surface area contributed by atoms with E-state index in [1.165, 1.54) is 77.0 Å². The van der Waals surface area contributed by atoms with Crippen LogP contribution in [-0.4, -0.2) is 64.9 Å². The summed E-state index contributed by atoms with van der Waals surface area (Å²) in [7, 11) is -4.76. The summed E-state index contributed by atoms with van der Waals surface area (Å²) < 4.78 is 26.9. The lowest BCUT2D eigenvalue weighted by Gasteiger charge is -2.18. The van der Waals surface area contributed by atoms with Gasteiger partial charge < -0.3 is 25.2 Å². The number of phosphoric ester groups is 1. The molecular formula is C49H86NO10P. The Bertz CT molecular complexity index is 1260. The fourth-order valence-electron chi connectivity index (χ4n) is 6.40. The number of aliphatic hydroxyl groups excluding tert-OH is 1. The maximum absolute atomic E-state index is 12.3. The molecule has 0 saturated heterocycles. The molecule has 0 rings (SSSR count). The number of allylic oxidation sites excluding steroid dienone is 10. The van der Waals surface area contributed by atoms with E-state index >= 15 is 0 Å². The van der Waals surface area contributed by atoms with E-state index in [0.29, 0.717) is 12.8 Å². The highest BCUT2D eigenvalue weighted by molar-refractivity contribution is 7.47. The molecule has 1 amide bonds. The van der Waals surface area contributed by atoms with Crippen molar-refractivity contribution in [2.45, 2.75) is 212 Å². The van der Waals surface area contributed by atoms with Gasteiger partial charge in [0.05, 0.1) is 13.2 Å². The Morgan fingerprint density at radius 3 is 1.43 bits per heavy atom. The SMILES string of the molecule is CC/C=C\C/C=C\C/C=C\C/C=C\C/C=C\CCCCCCCC(=O)OCC(O)COP(=O)(O)OCC(NC(=O)CCCCCCCCCCCCCCCCCC)C(=O)O.